The minimum absolute atomic E-state index is 0.153. The summed E-state index contributed by atoms with van der Waals surface area (Å²) in [7, 11) is 3.71. The quantitative estimate of drug-likeness (QED) is 0.844. The van der Waals surface area contributed by atoms with Crippen LogP contribution in [0.2, 0.25) is 0 Å². The van der Waals surface area contributed by atoms with Crippen molar-refractivity contribution in [3.05, 3.63) is 48.0 Å². The Hall–Kier alpha value is -2.34. The van der Waals surface area contributed by atoms with E-state index in [-0.39, 0.29) is 11.9 Å². The first-order valence-electron chi connectivity index (χ1n) is 9.15. The zero-order valence-electron chi connectivity index (χ0n) is 15.6. The fraction of sp³-hybridized carbons (Fsp3) is 0.500. The molecule has 2 fully saturated rings. The van der Waals surface area contributed by atoms with Crippen LogP contribution < -0.4 is 4.74 Å². The molecule has 1 aromatic heterocycles. The molecule has 0 N–H and O–H groups in total. The van der Waals surface area contributed by atoms with Gasteiger partial charge in [-0.1, -0.05) is 12.1 Å². The van der Waals surface area contributed by atoms with Crippen molar-refractivity contribution in [3.63, 3.8) is 0 Å². The van der Waals surface area contributed by atoms with Crippen LogP contribution in [0.1, 0.15) is 24.2 Å². The lowest BCUT2D eigenvalue weighted by Gasteiger charge is -2.29. The molecule has 2 aromatic rings. The highest BCUT2D eigenvalue weighted by atomic mass is 16.5. The molecule has 0 spiro atoms. The molecule has 0 bridgehead atoms. The number of methoxy groups -OCH3 is 1. The molecule has 0 saturated carbocycles. The maximum Gasteiger partial charge on any atom is 0.219 e. The first-order chi connectivity index (χ1) is 12.6. The van der Waals surface area contributed by atoms with Gasteiger partial charge in [0.15, 0.2) is 0 Å². The SMILES string of the molecule is COc1ccc([C@H]2[C@@H]3CN(Cc4cncn4C)C[C@@H]3CN2C(C)=O)cc1. The number of rotatable bonds is 4. The second kappa shape index (κ2) is 6.76. The van der Waals surface area contributed by atoms with Crippen LogP contribution in [0.15, 0.2) is 36.8 Å². The van der Waals surface area contributed by atoms with E-state index in [1.807, 2.05) is 31.7 Å². The molecular formula is C20H26N4O2. The van der Waals surface area contributed by atoms with Gasteiger partial charge in [-0.25, -0.2) is 4.98 Å². The molecule has 4 rings (SSSR count). The molecule has 2 aliphatic heterocycles. The van der Waals surface area contributed by atoms with E-state index in [2.05, 4.69) is 31.5 Å². The van der Waals surface area contributed by atoms with Crippen molar-refractivity contribution in [2.24, 2.45) is 18.9 Å². The van der Waals surface area contributed by atoms with Crippen LogP contribution in [0.3, 0.4) is 0 Å². The average molecular weight is 354 g/mol. The first-order valence-corrected chi connectivity index (χ1v) is 9.15. The van der Waals surface area contributed by atoms with E-state index in [9.17, 15) is 4.79 Å². The molecule has 3 atom stereocenters. The number of aryl methyl sites for hydroxylation is 1. The largest absolute Gasteiger partial charge is 0.497 e. The number of amides is 1. The molecule has 138 valence electrons. The summed E-state index contributed by atoms with van der Waals surface area (Å²) in [5.74, 6) is 2.01. The lowest BCUT2D eigenvalue weighted by atomic mass is 9.89. The van der Waals surface area contributed by atoms with Crippen molar-refractivity contribution in [1.29, 1.82) is 0 Å². The van der Waals surface area contributed by atoms with Crippen molar-refractivity contribution >= 4 is 5.91 Å². The van der Waals surface area contributed by atoms with Gasteiger partial charge in [0.1, 0.15) is 5.75 Å². The van der Waals surface area contributed by atoms with E-state index in [4.69, 9.17) is 4.74 Å². The van der Waals surface area contributed by atoms with E-state index in [0.29, 0.717) is 11.8 Å². The summed E-state index contributed by atoms with van der Waals surface area (Å²) in [5.41, 5.74) is 2.44. The number of ether oxygens (including phenoxy) is 1. The summed E-state index contributed by atoms with van der Waals surface area (Å²) in [5, 5.41) is 0. The summed E-state index contributed by atoms with van der Waals surface area (Å²) in [6.45, 7) is 5.49. The minimum Gasteiger partial charge on any atom is -0.497 e. The standard InChI is InChI=1S/C20H26N4O2/c1-14(25)24-10-16-9-23(11-17-8-21-13-22(17)2)12-19(16)20(24)15-4-6-18(26-3)7-5-15/h4-8,13,16,19-20H,9-12H2,1-3H3/t16-,19-,20+/m1/s1. The highest BCUT2D eigenvalue weighted by Gasteiger charge is 2.48. The van der Waals surface area contributed by atoms with Gasteiger partial charge in [-0.2, -0.15) is 0 Å². The van der Waals surface area contributed by atoms with Crippen molar-refractivity contribution in [3.8, 4) is 5.75 Å². The van der Waals surface area contributed by atoms with Gasteiger partial charge in [0.05, 0.1) is 25.2 Å². The van der Waals surface area contributed by atoms with Gasteiger partial charge in [0, 0.05) is 52.3 Å². The van der Waals surface area contributed by atoms with E-state index in [1.165, 1.54) is 11.3 Å². The predicted molar refractivity (Wildman–Crippen MR) is 98.6 cm³/mol. The maximum absolute atomic E-state index is 12.2. The van der Waals surface area contributed by atoms with Crippen LogP contribution in [0.5, 0.6) is 5.75 Å². The summed E-state index contributed by atoms with van der Waals surface area (Å²) in [6.07, 6.45) is 3.79. The van der Waals surface area contributed by atoms with Crippen LogP contribution in [0.25, 0.3) is 0 Å². The van der Waals surface area contributed by atoms with E-state index in [1.54, 1.807) is 14.0 Å². The second-order valence-corrected chi connectivity index (χ2v) is 7.50. The Bertz CT molecular complexity index is 785. The van der Waals surface area contributed by atoms with Gasteiger partial charge >= 0.3 is 0 Å². The number of carbonyl (C=O) groups is 1. The third kappa shape index (κ3) is 2.98. The number of hydrogen-bond acceptors (Lipinski definition) is 4. The fourth-order valence-corrected chi connectivity index (χ4v) is 4.58. The first kappa shape index (κ1) is 17.1. The van der Waals surface area contributed by atoms with Gasteiger partial charge < -0.3 is 14.2 Å². The van der Waals surface area contributed by atoms with Gasteiger partial charge in [0.25, 0.3) is 0 Å². The Morgan fingerprint density at radius 2 is 2.00 bits per heavy atom. The summed E-state index contributed by atoms with van der Waals surface area (Å²) in [6, 6.07) is 8.34. The van der Waals surface area contributed by atoms with Crippen molar-refractivity contribution in [2.45, 2.75) is 19.5 Å². The van der Waals surface area contributed by atoms with Crippen molar-refractivity contribution < 1.29 is 9.53 Å². The Labute approximate surface area is 154 Å². The van der Waals surface area contributed by atoms with Gasteiger partial charge in [-0.3, -0.25) is 9.69 Å². The van der Waals surface area contributed by atoms with Crippen LogP contribution in [-0.4, -0.2) is 52.0 Å². The van der Waals surface area contributed by atoms with E-state index < -0.39 is 0 Å². The molecule has 2 saturated heterocycles. The number of imidazole rings is 1. The lowest BCUT2D eigenvalue weighted by molar-refractivity contribution is -0.130. The number of carbonyl (C=O) groups excluding carboxylic acids is 1. The van der Waals surface area contributed by atoms with Crippen LogP contribution in [0, 0.1) is 11.8 Å². The van der Waals surface area contributed by atoms with Gasteiger partial charge in [0.2, 0.25) is 5.91 Å². The highest BCUT2D eigenvalue weighted by molar-refractivity contribution is 5.74. The Morgan fingerprint density at radius 3 is 2.62 bits per heavy atom. The number of aromatic nitrogens is 2. The molecular weight excluding hydrogens is 328 g/mol. The number of likely N-dealkylation sites (tertiary alicyclic amines) is 2. The molecule has 0 aliphatic carbocycles. The maximum atomic E-state index is 12.2. The normalized spacial score (nSPS) is 25.5. The molecule has 0 radical (unpaired) electrons. The van der Waals surface area contributed by atoms with Gasteiger partial charge in [-0.05, 0) is 23.6 Å². The molecule has 2 aliphatic rings. The Kier molecular flexibility index (Phi) is 4.44. The lowest BCUT2D eigenvalue weighted by Crippen LogP contribution is -2.34. The van der Waals surface area contributed by atoms with Crippen LogP contribution in [-0.2, 0) is 18.4 Å². The Balaban J connectivity index is 1.55. The fourth-order valence-electron chi connectivity index (χ4n) is 4.58. The average Bonchev–Trinajstić information content (AvgIpc) is 3.30. The van der Waals surface area contributed by atoms with Crippen molar-refractivity contribution in [1.82, 2.24) is 19.4 Å². The highest BCUT2D eigenvalue weighted by Crippen LogP contribution is 2.45. The van der Waals surface area contributed by atoms with Gasteiger partial charge in [-0.15, -0.1) is 0 Å². The summed E-state index contributed by atoms with van der Waals surface area (Å²) >= 11 is 0. The molecule has 1 amide bonds. The third-order valence-electron chi connectivity index (χ3n) is 5.90. The molecule has 1 aromatic carbocycles. The smallest absolute Gasteiger partial charge is 0.219 e. The molecule has 6 heteroatoms. The monoisotopic (exact) mass is 354 g/mol. The predicted octanol–water partition coefficient (Wildman–Crippen LogP) is 2.08. The third-order valence-corrected chi connectivity index (χ3v) is 5.90. The van der Waals surface area contributed by atoms with Crippen molar-refractivity contribution in [2.75, 3.05) is 26.7 Å². The van der Waals surface area contributed by atoms with Crippen LogP contribution in [0.4, 0.5) is 0 Å². The Morgan fingerprint density at radius 1 is 1.23 bits per heavy atom. The number of nitrogens with zero attached hydrogens (tertiary/aromatic N) is 4. The second-order valence-electron chi connectivity index (χ2n) is 7.50. The molecule has 6 nitrogen and oxygen atoms in total. The summed E-state index contributed by atoms with van der Waals surface area (Å²) in [4.78, 5) is 21.0. The topological polar surface area (TPSA) is 50.6 Å². The van der Waals surface area contributed by atoms with E-state index in [0.717, 1.165) is 31.9 Å². The number of benzene rings is 1. The van der Waals surface area contributed by atoms with Crippen LogP contribution >= 0.6 is 0 Å². The number of fused-ring (bicyclic) bond motifs is 1. The zero-order chi connectivity index (χ0) is 18.3. The molecule has 3 heterocycles. The van der Waals surface area contributed by atoms with E-state index >= 15 is 0 Å². The zero-order valence-corrected chi connectivity index (χ0v) is 15.6. The number of hydrogen-bond donors (Lipinski definition) is 0. The molecule has 26 heavy (non-hydrogen) atoms. The molecule has 0 unspecified atom stereocenters. The minimum atomic E-state index is 0.153. The summed E-state index contributed by atoms with van der Waals surface area (Å²) < 4.78 is 7.36.